The summed E-state index contributed by atoms with van der Waals surface area (Å²) in [5.41, 5.74) is 3.18. The van der Waals surface area contributed by atoms with Gasteiger partial charge in [0.25, 0.3) is 5.09 Å². The number of fused-ring (bicyclic) bond motifs is 1. The highest BCUT2D eigenvalue weighted by Gasteiger charge is 2.20. The Morgan fingerprint density at radius 2 is 1.71 bits per heavy atom. The van der Waals surface area contributed by atoms with Crippen molar-refractivity contribution in [1.29, 1.82) is 0 Å². The van der Waals surface area contributed by atoms with Gasteiger partial charge in [0.1, 0.15) is 18.4 Å². The predicted molar refractivity (Wildman–Crippen MR) is 132 cm³/mol. The first-order valence-electron chi connectivity index (χ1n) is 10.6. The molecule has 9 heteroatoms. The predicted octanol–water partition coefficient (Wildman–Crippen LogP) is 5.95. The van der Waals surface area contributed by atoms with Gasteiger partial charge < -0.3 is 14.5 Å². The van der Waals surface area contributed by atoms with Crippen LogP contribution in [0.1, 0.15) is 22.9 Å². The lowest BCUT2D eigenvalue weighted by Crippen LogP contribution is -2.13. The molecule has 35 heavy (non-hydrogen) atoms. The zero-order valence-corrected chi connectivity index (χ0v) is 19.2. The largest absolute Gasteiger partial charge is 0.489 e. The third-order valence-corrected chi connectivity index (χ3v) is 5.55. The SMILES string of the molecule is Clc1ccc(COc2ccc(C(c3nccc4ccccc34)n3ccnc3)cc2)cc1.O=[N+]([O-])O. The summed E-state index contributed by atoms with van der Waals surface area (Å²) in [7, 11) is 0. The highest BCUT2D eigenvalue weighted by Crippen LogP contribution is 2.31. The molecule has 5 aromatic rings. The van der Waals surface area contributed by atoms with E-state index in [0.717, 1.165) is 33.0 Å². The number of imidazole rings is 1. The molecule has 0 radical (unpaired) electrons. The number of aromatic nitrogens is 3. The van der Waals surface area contributed by atoms with E-state index in [2.05, 4.69) is 33.8 Å². The molecule has 1 N–H and O–H groups in total. The van der Waals surface area contributed by atoms with Crippen LogP contribution in [0.2, 0.25) is 5.02 Å². The summed E-state index contributed by atoms with van der Waals surface area (Å²) < 4.78 is 8.04. The second kappa shape index (κ2) is 11.1. The fraction of sp³-hybridized carbons (Fsp3) is 0.0769. The highest BCUT2D eigenvalue weighted by atomic mass is 35.5. The molecule has 0 fully saturated rings. The van der Waals surface area contributed by atoms with Crippen molar-refractivity contribution in [3.05, 3.63) is 136 Å². The van der Waals surface area contributed by atoms with Crippen LogP contribution in [-0.2, 0) is 6.61 Å². The molecule has 0 saturated carbocycles. The number of halogens is 1. The van der Waals surface area contributed by atoms with E-state index in [-0.39, 0.29) is 6.04 Å². The van der Waals surface area contributed by atoms with Crippen molar-refractivity contribution in [3.63, 3.8) is 0 Å². The third kappa shape index (κ3) is 6.13. The van der Waals surface area contributed by atoms with Crippen LogP contribution >= 0.6 is 11.6 Å². The Morgan fingerprint density at radius 3 is 2.40 bits per heavy atom. The lowest BCUT2D eigenvalue weighted by Gasteiger charge is -2.20. The van der Waals surface area contributed by atoms with Gasteiger partial charge in [-0.25, -0.2) is 4.98 Å². The summed E-state index contributed by atoms with van der Waals surface area (Å²) in [5, 5.41) is 16.7. The van der Waals surface area contributed by atoms with Gasteiger partial charge in [-0.2, -0.15) is 0 Å². The van der Waals surface area contributed by atoms with Crippen LogP contribution in [-0.4, -0.2) is 24.8 Å². The molecule has 2 heterocycles. The van der Waals surface area contributed by atoms with Gasteiger partial charge in [0.05, 0.1) is 12.0 Å². The number of benzene rings is 3. The Hall–Kier alpha value is -4.43. The van der Waals surface area contributed by atoms with Crippen LogP contribution in [0, 0.1) is 10.1 Å². The number of hydrogen-bond donors (Lipinski definition) is 1. The number of hydrogen-bond acceptors (Lipinski definition) is 5. The number of ether oxygens (including phenoxy) is 1. The molecule has 3 aromatic carbocycles. The molecule has 8 nitrogen and oxygen atoms in total. The quantitative estimate of drug-likeness (QED) is 0.234. The lowest BCUT2D eigenvalue weighted by molar-refractivity contribution is -0.742. The second-order valence-electron chi connectivity index (χ2n) is 7.55. The molecule has 1 unspecified atom stereocenters. The van der Waals surface area contributed by atoms with Crippen molar-refractivity contribution in [2.45, 2.75) is 12.6 Å². The lowest BCUT2D eigenvalue weighted by atomic mass is 9.98. The zero-order valence-electron chi connectivity index (χ0n) is 18.4. The van der Waals surface area contributed by atoms with Crippen molar-refractivity contribution in [2.75, 3.05) is 0 Å². The van der Waals surface area contributed by atoms with Crippen LogP contribution in [0.3, 0.4) is 0 Å². The van der Waals surface area contributed by atoms with E-state index in [1.54, 1.807) is 6.20 Å². The molecule has 0 bridgehead atoms. The molecule has 0 spiro atoms. The van der Waals surface area contributed by atoms with Crippen LogP contribution in [0.15, 0.2) is 104 Å². The van der Waals surface area contributed by atoms with Crippen LogP contribution in [0.5, 0.6) is 5.75 Å². The molecular weight excluding hydrogens is 468 g/mol. The number of nitrogens with zero attached hydrogens (tertiary/aromatic N) is 4. The van der Waals surface area contributed by atoms with Gasteiger partial charge in [0, 0.05) is 29.0 Å². The fourth-order valence-corrected chi connectivity index (χ4v) is 3.87. The summed E-state index contributed by atoms with van der Waals surface area (Å²) in [6.45, 7) is 0.492. The molecule has 176 valence electrons. The standard InChI is InChI=1S/C26H20ClN3O.HNO3/c27-22-9-5-19(6-10-22)17-31-23-11-7-21(8-12-23)26(30-16-15-28-18-30)25-24-4-2-1-3-20(24)13-14-29-25;2-1(3)4/h1-16,18,26H,17H2;(H,2,3,4). The molecule has 5 rings (SSSR count). The molecule has 0 aliphatic carbocycles. The van der Waals surface area contributed by atoms with Gasteiger partial charge in [-0.05, 0) is 46.8 Å². The summed E-state index contributed by atoms with van der Waals surface area (Å²) in [6.07, 6.45) is 7.46. The van der Waals surface area contributed by atoms with Crippen molar-refractivity contribution in [2.24, 2.45) is 0 Å². The smallest absolute Gasteiger partial charge is 0.291 e. The second-order valence-corrected chi connectivity index (χ2v) is 7.99. The number of rotatable bonds is 6. The topological polar surface area (TPSA) is 103 Å². The monoisotopic (exact) mass is 488 g/mol. The zero-order chi connectivity index (χ0) is 24.6. The summed E-state index contributed by atoms with van der Waals surface area (Å²) in [6, 6.07) is 26.1. The molecule has 0 saturated heterocycles. The van der Waals surface area contributed by atoms with Crippen molar-refractivity contribution < 1.29 is 15.0 Å². The van der Waals surface area contributed by atoms with Gasteiger partial charge in [0.15, 0.2) is 0 Å². The van der Waals surface area contributed by atoms with Crippen molar-refractivity contribution in [1.82, 2.24) is 14.5 Å². The number of pyridine rings is 1. The minimum Gasteiger partial charge on any atom is -0.489 e. The van der Waals surface area contributed by atoms with Crippen LogP contribution < -0.4 is 4.74 Å². The Balaban J connectivity index is 0.000000672. The molecule has 0 aliphatic rings. The normalized spacial score (nSPS) is 11.3. The van der Waals surface area contributed by atoms with E-state index >= 15 is 0 Å². The van der Waals surface area contributed by atoms with Gasteiger partial charge in [-0.15, -0.1) is 10.1 Å². The highest BCUT2D eigenvalue weighted by molar-refractivity contribution is 6.30. The van der Waals surface area contributed by atoms with Crippen LogP contribution in [0.25, 0.3) is 10.8 Å². The molecule has 2 aromatic heterocycles. The average Bonchev–Trinajstić information content (AvgIpc) is 3.39. The molecule has 1 atom stereocenters. The molecule has 0 amide bonds. The maximum absolute atomic E-state index is 8.36. The van der Waals surface area contributed by atoms with Crippen molar-refractivity contribution in [3.8, 4) is 5.75 Å². The maximum Gasteiger partial charge on any atom is 0.291 e. The first kappa shape index (κ1) is 23.7. The van der Waals surface area contributed by atoms with Gasteiger partial charge >= 0.3 is 0 Å². The van der Waals surface area contributed by atoms with Gasteiger partial charge in [-0.3, -0.25) is 4.98 Å². The Bertz CT molecular complexity index is 1380. The van der Waals surface area contributed by atoms with Crippen molar-refractivity contribution >= 4 is 22.4 Å². The Morgan fingerprint density at radius 1 is 1.00 bits per heavy atom. The van der Waals surface area contributed by atoms with E-state index in [0.29, 0.717) is 6.61 Å². The maximum atomic E-state index is 8.36. The Kier molecular flexibility index (Phi) is 7.54. The minimum atomic E-state index is -1.50. The van der Waals surface area contributed by atoms with E-state index in [4.69, 9.17) is 36.6 Å². The third-order valence-electron chi connectivity index (χ3n) is 5.30. The first-order chi connectivity index (χ1) is 17.0. The van der Waals surface area contributed by atoms with Crippen LogP contribution in [0.4, 0.5) is 0 Å². The van der Waals surface area contributed by atoms with E-state index in [9.17, 15) is 0 Å². The minimum absolute atomic E-state index is 0.0843. The van der Waals surface area contributed by atoms with E-state index in [1.165, 1.54) is 5.39 Å². The van der Waals surface area contributed by atoms with E-state index < -0.39 is 5.09 Å². The molecular formula is C26H21ClN4O4. The first-order valence-corrected chi connectivity index (χ1v) is 11.0. The van der Waals surface area contributed by atoms with Gasteiger partial charge in [0.2, 0.25) is 0 Å². The summed E-state index contributed by atoms with van der Waals surface area (Å²) in [5.74, 6) is 0.814. The fourth-order valence-electron chi connectivity index (χ4n) is 3.75. The average molecular weight is 489 g/mol. The Labute approximate surface area is 206 Å². The summed E-state index contributed by atoms with van der Waals surface area (Å²) in [4.78, 5) is 17.4. The van der Waals surface area contributed by atoms with E-state index in [1.807, 2.05) is 73.3 Å². The van der Waals surface area contributed by atoms with Gasteiger partial charge in [-0.1, -0.05) is 60.1 Å². The molecule has 0 aliphatic heterocycles. The summed E-state index contributed by atoms with van der Waals surface area (Å²) >= 11 is 5.95.